The lowest BCUT2D eigenvalue weighted by Crippen LogP contribution is -2.10. The molecule has 0 fully saturated rings. The van der Waals surface area contributed by atoms with Crippen molar-refractivity contribution in [2.24, 2.45) is 0 Å². The Morgan fingerprint density at radius 3 is 2.45 bits per heavy atom. The third-order valence-electron chi connectivity index (χ3n) is 3.14. The molecule has 1 aromatic rings. The molecule has 4 nitrogen and oxygen atoms in total. The molecule has 0 radical (unpaired) electrons. The van der Waals surface area contributed by atoms with E-state index in [2.05, 4.69) is 38.1 Å². The van der Waals surface area contributed by atoms with Crippen molar-refractivity contribution in [1.29, 1.82) is 0 Å². The van der Waals surface area contributed by atoms with Gasteiger partial charge in [-0.3, -0.25) is 0 Å². The van der Waals surface area contributed by atoms with Crippen LogP contribution in [0.2, 0.25) is 0 Å². The first-order chi connectivity index (χ1) is 10.5. The molecule has 1 aromatic carbocycles. The molecule has 0 aliphatic carbocycles. The quantitative estimate of drug-likeness (QED) is 0.404. The average molecular weight is 306 g/mol. The van der Waals surface area contributed by atoms with E-state index >= 15 is 0 Å². The van der Waals surface area contributed by atoms with Crippen molar-refractivity contribution in [3.63, 3.8) is 0 Å². The lowest BCUT2D eigenvalue weighted by molar-refractivity contribution is 0.0474. The van der Waals surface area contributed by atoms with E-state index in [-0.39, 0.29) is 6.61 Å². The number of carbonyl (C=O) groups is 1. The van der Waals surface area contributed by atoms with Gasteiger partial charge in [0, 0.05) is 6.61 Å². The summed E-state index contributed by atoms with van der Waals surface area (Å²) < 4.78 is 14.9. The van der Waals surface area contributed by atoms with Gasteiger partial charge in [0.05, 0.1) is 12.9 Å². The molecule has 0 aliphatic rings. The maximum Gasteiger partial charge on any atom is 0.513 e. The monoisotopic (exact) mass is 306 g/mol. The molecule has 22 heavy (non-hydrogen) atoms. The number of rotatable bonds is 8. The molecule has 0 aromatic heterocycles. The summed E-state index contributed by atoms with van der Waals surface area (Å²) in [7, 11) is 0. The first-order valence-electron chi connectivity index (χ1n) is 7.68. The maximum absolute atomic E-state index is 11.3. The largest absolute Gasteiger partial charge is 0.513 e. The number of allylic oxidation sites excluding steroid dienone is 1. The van der Waals surface area contributed by atoms with Gasteiger partial charge >= 0.3 is 6.16 Å². The first-order valence-corrected chi connectivity index (χ1v) is 7.68. The molecular weight excluding hydrogens is 280 g/mol. The van der Waals surface area contributed by atoms with Crippen LogP contribution in [0.5, 0.6) is 0 Å². The van der Waals surface area contributed by atoms with E-state index in [1.54, 1.807) is 0 Å². The minimum Gasteiger partial charge on any atom is -0.432 e. The van der Waals surface area contributed by atoms with Gasteiger partial charge in [0.25, 0.3) is 0 Å². The molecule has 0 aliphatic heterocycles. The van der Waals surface area contributed by atoms with Crippen LogP contribution in [0, 0.1) is 0 Å². The predicted molar refractivity (Wildman–Crippen MR) is 86.9 cm³/mol. The lowest BCUT2D eigenvalue weighted by Gasteiger charge is -2.07. The number of benzene rings is 1. The van der Waals surface area contributed by atoms with Crippen molar-refractivity contribution in [3.8, 4) is 0 Å². The minimum absolute atomic E-state index is 0.205. The van der Waals surface area contributed by atoms with Crippen molar-refractivity contribution < 1.29 is 19.0 Å². The van der Waals surface area contributed by atoms with Crippen LogP contribution >= 0.6 is 0 Å². The molecule has 0 N–H and O–H groups in total. The zero-order valence-electron chi connectivity index (χ0n) is 13.9. The normalized spacial score (nSPS) is 11.6. The number of carbonyl (C=O) groups excluding carboxylic acids is 1. The molecule has 1 rings (SSSR count). The Balaban J connectivity index is 2.37. The van der Waals surface area contributed by atoms with E-state index in [0.717, 1.165) is 12.0 Å². The predicted octanol–water partition coefficient (Wildman–Crippen LogP) is 4.45. The van der Waals surface area contributed by atoms with Crippen LogP contribution in [0.4, 0.5) is 4.79 Å². The molecule has 0 bridgehead atoms. The van der Waals surface area contributed by atoms with Gasteiger partial charge in [0.1, 0.15) is 6.61 Å². The Bertz CT molecular complexity index is 474. The molecule has 0 saturated heterocycles. The fourth-order valence-electron chi connectivity index (χ4n) is 1.90. The fraction of sp³-hybridized carbons (Fsp3) is 0.500. The topological polar surface area (TPSA) is 44.8 Å². The molecule has 0 heterocycles. The molecule has 0 spiro atoms. The van der Waals surface area contributed by atoms with Gasteiger partial charge < -0.3 is 14.2 Å². The van der Waals surface area contributed by atoms with Gasteiger partial charge in [-0.15, -0.1) is 0 Å². The van der Waals surface area contributed by atoms with E-state index in [0.29, 0.717) is 19.1 Å². The number of hydrogen-bond acceptors (Lipinski definition) is 4. The first kappa shape index (κ1) is 18.2. The minimum atomic E-state index is -0.700. The van der Waals surface area contributed by atoms with Crippen LogP contribution in [0.3, 0.4) is 0 Å². The Labute approximate surface area is 133 Å². The lowest BCUT2D eigenvalue weighted by atomic mass is 9.99. The number of hydrogen-bond donors (Lipinski definition) is 0. The average Bonchev–Trinajstić information content (AvgIpc) is 2.50. The second-order valence-electron chi connectivity index (χ2n) is 5.45. The van der Waals surface area contributed by atoms with E-state index in [4.69, 9.17) is 14.2 Å². The summed E-state index contributed by atoms with van der Waals surface area (Å²) in [6.07, 6.45) is 1.48. The van der Waals surface area contributed by atoms with Gasteiger partial charge in [-0.1, -0.05) is 38.1 Å². The second-order valence-corrected chi connectivity index (χ2v) is 5.45. The zero-order valence-corrected chi connectivity index (χ0v) is 13.9. The van der Waals surface area contributed by atoms with Gasteiger partial charge in [-0.2, -0.15) is 0 Å². The highest BCUT2D eigenvalue weighted by atomic mass is 16.7. The molecule has 122 valence electrons. The Morgan fingerprint density at radius 1 is 1.18 bits per heavy atom. The van der Waals surface area contributed by atoms with Crippen LogP contribution in [-0.4, -0.2) is 26.0 Å². The summed E-state index contributed by atoms with van der Waals surface area (Å²) in [5.41, 5.74) is 3.46. The van der Waals surface area contributed by atoms with E-state index in [9.17, 15) is 4.79 Å². The summed E-state index contributed by atoms with van der Waals surface area (Å²) >= 11 is 0. The third kappa shape index (κ3) is 7.27. The highest BCUT2D eigenvalue weighted by Gasteiger charge is 2.03. The smallest absolute Gasteiger partial charge is 0.432 e. The maximum atomic E-state index is 11.3. The standard InChI is InChI=1S/C18H26O4/c1-5-20-10-11-21-18(19)22-13-15(4)12-16-6-8-17(9-7-16)14(2)3/h6-9,13-14H,5,10-12H2,1-4H3. The van der Waals surface area contributed by atoms with Crippen molar-refractivity contribution in [3.05, 3.63) is 47.2 Å². The third-order valence-corrected chi connectivity index (χ3v) is 3.14. The van der Waals surface area contributed by atoms with Gasteiger partial charge in [-0.05, 0) is 42.9 Å². The van der Waals surface area contributed by atoms with Gasteiger partial charge in [0.2, 0.25) is 0 Å². The second kappa shape index (κ2) is 10.0. The zero-order chi connectivity index (χ0) is 16.4. The van der Waals surface area contributed by atoms with Crippen LogP contribution in [0.1, 0.15) is 44.7 Å². The van der Waals surface area contributed by atoms with Crippen molar-refractivity contribution >= 4 is 6.16 Å². The summed E-state index contributed by atoms with van der Waals surface area (Å²) in [5, 5.41) is 0. The highest BCUT2D eigenvalue weighted by Crippen LogP contribution is 2.16. The summed E-state index contributed by atoms with van der Waals surface area (Å²) in [5.74, 6) is 0.528. The summed E-state index contributed by atoms with van der Waals surface area (Å²) in [6, 6.07) is 8.48. The van der Waals surface area contributed by atoms with Crippen molar-refractivity contribution in [2.75, 3.05) is 19.8 Å². The molecule has 4 heteroatoms. The van der Waals surface area contributed by atoms with Crippen LogP contribution in [-0.2, 0) is 20.6 Å². The molecule has 0 atom stereocenters. The van der Waals surface area contributed by atoms with Crippen LogP contribution in [0.25, 0.3) is 0 Å². The van der Waals surface area contributed by atoms with Crippen molar-refractivity contribution in [2.45, 2.75) is 40.0 Å². The van der Waals surface area contributed by atoms with E-state index < -0.39 is 6.16 Å². The molecule has 0 saturated carbocycles. The van der Waals surface area contributed by atoms with Crippen LogP contribution < -0.4 is 0 Å². The Hall–Kier alpha value is -1.81. The Kier molecular flexibility index (Phi) is 8.30. The van der Waals surface area contributed by atoms with E-state index in [1.807, 2.05) is 13.8 Å². The molecular formula is C18H26O4. The fourth-order valence-corrected chi connectivity index (χ4v) is 1.90. The molecule has 0 unspecified atom stereocenters. The summed E-state index contributed by atoms with van der Waals surface area (Å²) in [4.78, 5) is 11.3. The van der Waals surface area contributed by atoms with Crippen molar-refractivity contribution in [1.82, 2.24) is 0 Å². The Morgan fingerprint density at radius 2 is 1.86 bits per heavy atom. The van der Waals surface area contributed by atoms with Gasteiger partial charge in [-0.25, -0.2) is 4.79 Å². The van der Waals surface area contributed by atoms with Gasteiger partial charge in [0.15, 0.2) is 0 Å². The van der Waals surface area contributed by atoms with Crippen LogP contribution in [0.15, 0.2) is 36.1 Å². The number of ether oxygens (including phenoxy) is 3. The molecule has 0 amide bonds. The highest BCUT2D eigenvalue weighted by molar-refractivity contribution is 5.60. The summed E-state index contributed by atoms with van der Waals surface area (Å²) in [6.45, 7) is 9.35. The van der Waals surface area contributed by atoms with E-state index in [1.165, 1.54) is 17.4 Å². The SMILES string of the molecule is CCOCCOC(=O)OC=C(C)Cc1ccc(C(C)C)cc1.